The maximum atomic E-state index is 5.84. The third-order valence-corrected chi connectivity index (χ3v) is 3.47. The molecule has 0 unspecified atom stereocenters. The minimum absolute atomic E-state index is 0.350. The molecular formula is C14H24N4. The molecule has 18 heavy (non-hydrogen) atoms. The van der Waals surface area contributed by atoms with Crippen LogP contribution in [0, 0.1) is 5.92 Å². The molecule has 1 heterocycles. The van der Waals surface area contributed by atoms with E-state index in [0.717, 1.165) is 36.2 Å². The van der Waals surface area contributed by atoms with Crippen LogP contribution in [0.15, 0.2) is 6.20 Å². The minimum atomic E-state index is 0.350. The highest BCUT2D eigenvalue weighted by atomic mass is 15.2. The van der Waals surface area contributed by atoms with E-state index in [2.05, 4.69) is 35.6 Å². The van der Waals surface area contributed by atoms with Crippen molar-refractivity contribution >= 4 is 5.69 Å². The molecule has 1 aromatic rings. The van der Waals surface area contributed by atoms with Crippen molar-refractivity contribution in [2.75, 3.05) is 18.0 Å². The smallest absolute Gasteiger partial charge is 0.131 e. The lowest BCUT2D eigenvalue weighted by atomic mass is 10.2. The molecule has 0 radical (unpaired) electrons. The maximum Gasteiger partial charge on any atom is 0.131 e. The van der Waals surface area contributed by atoms with Crippen molar-refractivity contribution in [3.8, 4) is 0 Å². The van der Waals surface area contributed by atoms with E-state index in [-0.39, 0.29) is 0 Å². The minimum Gasteiger partial charge on any atom is -0.369 e. The van der Waals surface area contributed by atoms with Crippen molar-refractivity contribution in [1.29, 1.82) is 0 Å². The van der Waals surface area contributed by atoms with Crippen LogP contribution in [-0.4, -0.2) is 23.1 Å². The first-order valence-electron chi connectivity index (χ1n) is 6.96. The highest BCUT2D eigenvalue weighted by molar-refractivity contribution is 5.49. The van der Waals surface area contributed by atoms with Crippen LogP contribution in [0.1, 0.15) is 51.0 Å². The van der Waals surface area contributed by atoms with Gasteiger partial charge in [-0.1, -0.05) is 13.8 Å². The van der Waals surface area contributed by atoms with Gasteiger partial charge in [-0.25, -0.2) is 9.97 Å². The van der Waals surface area contributed by atoms with Gasteiger partial charge in [0.2, 0.25) is 0 Å². The predicted molar refractivity (Wildman–Crippen MR) is 74.6 cm³/mol. The number of aromatic nitrogens is 2. The molecule has 0 amide bonds. The molecule has 1 aliphatic rings. The number of nitrogens with zero attached hydrogens (tertiary/aromatic N) is 3. The summed E-state index contributed by atoms with van der Waals surface area (Å²) in [6, 6.07) is 0. The van der Waals surface area contributed by atoms with Crippen LogP contribution in [0.2, 0.25) is 0 Å². The zero-order valence-electron chi connectivity index (χ0n) is 11.7. The molecule has 1 aromatic heterocycles. The van der Waals surface area contributed by atoms with Gasteiger partial charge in [-0.2, -0.15) is 0 Å². The van der Waals surface area contributed by atoms with Crippen LogP contribution in [-0.2, 0) is 6.54 Å². The van der Waals surface area contributed by atoms with Crippen molar-refractivity contribution in [1.82, 2.24) is 9.97 Å². The van der Waals surface area contributed by atoms with Gasteiger partial charge in [0.25, 0.3) is 0 Å². The third-order valence-electron chi connectivity index (χ3n) is 3.47. The van der Waals surface area contributed by atoms with Gasteiger partial charge in [0.05, 0.1) is 17.6 Å². The lowest BCUT2D eigenvalue weighted by molar-refractivity contribution is 0.713. The highest BCUT2D eigenvalue weighted by Crippen LogP contribution is 2.32. The Morgan fingerprint density at radius 3 is 2.67 bits per heavy atom. The molecule has 1 fully saturated rings. The molecule has 4 heteroatoms. The van der Waals surface area contributed by atoms with E-state index >= 15 is 0 Å². The van der Waals surface area contributed by atoms with Crippen molar-refractivity contribution in [2.24, 2.45) is 11.7 Å². The summed E-state index contributed by atoms with van der Waals surface area (Å²) in [6.45, 7) is 8.99. The molecule has 0 atom stereocenters. The van der Waals surface area contributed by atoms with Crippen LogP contribution >= 0.6 is 0 Å². The molecule has 100 valence electrons. The third kappa shape index (κ3) is 2.99. The van der Waals surface area contributed by atoms with E-state index in [1.54, 1.807) is 0 Å². The highest BCUT2D eigenvalue weighted by Gasteiger charge is 2.25. The first-order valence-corrected chi connectivity index (χ1v) is 6.96. The van der Waals surface area contributed by atoms with Crippen LogP contribution in [0.4, 0.5) is 5.69 Å². The largest absolute Gasteiger partial charge is 0.369 e. The molecule has 4 nitrogen and oxygen atoms in total. The second-order valence-corrected chi connectivity index (χ2v) is 5.40. The van der Waals surface area contributed by atoms with Gasteiger partial charge in [-0.3, -0.25) is 0 Å². The Bertz CT molecular complexity index is 399. The quantitative estimate of drug-likeness (QED) is 0.839. The molecule has 0 saturated heterocycles. The van der Waals surface area contributed by atoms with Crippen molar-refractivity contribution in [3.63, 3.8) is 0 Å². The summed E-state index contributed by atoms with van der Waals surface area (Å²) in [5.74, 6) is 2.10. The second kappa shape index (κ2) is 5.65. The lowest BCUT2D eigenvalue weighted by Crippen LogP contribution is -2.27. The predicted octanol–water partition coefficient (Wildman–Crippen LogP) is 2.29. The normalized spacial score (nSPS) is 15.2. The fraction of sp³-hybridized carbons (Fsp3) is 0.714. The monoisotopic (exact) mass is 248 g/mol. The van der Waals surface area contributed by atoms with E-state index in [0.29, 0.717) is 12.5 Å². The average molecular weight is 248 g/mol. The first kappa shape index (κ1) is 13.3. The molecular weight excluding hydrogens is 224 g/mol. The van der Waals surface area contributed by atoms with Gasteiger partial charge in [-0.15, -0.1) is 0 Å². The summed E-state index contributed by atoms with van der Waals surface area (Å²) >= 11 is 0. The van der Waals surface area contributed by atoms with Crippen LogP contribution in [0.3, 0.4) is 0 Å². The maximum absolute atomic E-state index is 5.84. The summed E-state index contributed by atoms with van der Waals surface area (Å²) in [7, 11) is 0. The molecule has 0 aliphatic heterocycles. The van der Waals surface area contributed by atoms with Gasteiger partial charge in [0.15, 0.2) is 0 Å². The van der Waals surface area contributed by atoms with E-state index in [4.69, 9.17) is 5.73 Å². The molecule has 2 N–H and O–H groups in total. The fourth-order valence-corrected chi connectivity index (χ4v) is 2.13. The van der Waals surface area contributed by atoms with Gasteiger partial charge in [0.1, 0.15) is 5.82 Å². The summed E-state index contributed by atoms with van der Waals surface area (Å²) in [4.78, 5) is 11.4. The molecule has 0 spiro atoms. The second-order valence-electron chi connectivity index (χ2n) is 5.40. The summed E-state index contributed by atoms with van der Waals surface area (Å²) in [6.07, 6.45) is 4.68. The van der Waals surface area contributed by atoms with Crippen LogP contribution in [0.5, 0.6) is 0 Å². The number of hydrogen-bond acceptors (Lipinski definition) is 4. The molecule has 0 bridgehead atoms. The molecule has 1 saturated carbocycles. The average Bonchev–Trinajstić information content (AvgIpc) is 3.19. The first-order chi connectivity index (χ1) is 8.65. The Balaban J connectivity index is 2.23. The number of hydrogen-bond donors (Lipinski definition) is 1. The molecule has 0 aromatic carbocycles. The zero-order valence-corrected chi connectivity index (χ0v) is 11.7. The molecule has 1 aliphatic carbocycles. The standard InChI is InChI=1S/C14H24N4/c1-4-18(9-11-5-6-11)13-8-16-14(10(2)3)17-12(13)7-15/h8,10-11H,4-7,9,15H2,1-3H3. The Labute approximate surface area is 110 Å². The topological polar surface area (TPSA) is 55.0 Å². The van der Waals surface area contributed by atoms with Crippen molar-refractivity contribution in [2.45, 2.75) is 46.1 Å². The van der Waals surface area contributed by atoms with E-state index in [1.165, 1.54) is 12.8 Å². The van der Waals surface area contributed by atoms with Crippen LogP contribution in [0.25, 0.3) is 0 Å². The van der Waals surface area contributed by atoms with Gasteiger partial charge >= 0.3 is 0 Å². The Kier molecular flexibility index (Phi) is 4.17. The van der Waals surface area contributed by atoms with E-state index in [1.807, 2.05) is 6.20 Å². The molecule has 2 rings (SSSR count). The number of anilines is 1. The Morgan fingerprint density at radius 2 is 2.17 bits per heavy atom. The lowest BCUT2D eigenvalue weighted by Gasteiger charge is -2.25. The fourth-order valence-electron chi connectivity index (χ4n) is 2.13. The Hall–Kier alpha value is -1.16. The van der Waals surface area contributed by atoms with Gasteiger partial charge in [0, 0.05) is 25.6 Å². The number of nitrogens with two attached hydrogens (primary N) is 1. The van der Waals surface area contributed by atoms with Crippen molar-refractivity contribution in [3.05, 3.63) is 17.7 Å². The Morgan fingerprint density at radius 1 is 1.44 bits per heavy atom. The van der Waals surface area contributed by atoms with Crippen molar-refractivity contribution < 1.29 is 0 Å². The summed E-state index contributed by atoms with van der Waals surface area (Å²) in [5, 5.41) is 0. The van der Waals surface area contributed by atoms with E-state index < -0.39 is 0 Å². The summed E-state index contributed by atoms with van der Waals surface area (Å²) < 4.78 is 0. The summed E-state index contributed by atoms with van der Waals surface area (Å²) in [5.41, 5.74) is 7.95. The zero-order chi connectivity index (χ0) is 13.1. The number of rotatable bonds is 6. The van der Waals surface area contributed by atoms with Gasteiger partial charge in [-0.05, 0) is 25.7 Å². The SMILES string of the molecule is CCN(CC1CC1)c1cnc(C(C)C)nc1CN. The van der Waals surface area contributed by atoms with Crippen LogP contribution < -0.4 is 10.6 Å². The van der Waals surface area contributed by atoms with E-state index in [9.17, 15) is 0 Å². The van der Waals surface area contributed by atoms with Gasteiger partial charge < -0.3 is 10.6 Å².